The van der Waals surface area contributed by atoms with Gasteiger partial charge in [0.25, 0.3) is 0 Å². The summed E-state index contributed by atoms with van der Waals surface area (Å²) in [4.78, 5) is 2.24. The molecule has 0 saturated carbocycles. The number of aryl methyl sites for hydroxylation is 1. The van der Waals surface area contributed by atoms with Crippen molar-refractivity contribution in [1.29, 1.82) is 0 Å². The molecule has 0 fully saturated rings. The number of aromatic nitrogens is 2. The van der Waals surface area contributed by atoms with Crippen molar-refractivity contribution in [3.05, 3.63) is 5.01 Å². The minimum atomic E-state index is 0.522. The Labute approximate surface area is 95.7 Å². The molecule has 1 aromatic rings. The van der Waals surface area contributed by atoms with Crippen molar-refractivity contribution in [2.75, 3.05) is 26.0 Å². The van der Waals surface area contributed by atoms with E-state index in [9.17, 15) is 0 Å². The molecule has 0 bridgehead atoms. The van der Waals surface area contributed by atoms with Crippen LogP contribution in [0.3, 0.4) is 0 Å². The summed E-state index contributed by atoms with van der Waals surface area (Å²) < 4.78 is 0. The molecule has 1 aromatic heterocycles. The maximum Gasteiger partial charge on any atom is 0.205 e. The Morgan fingerprint density at radius 1 is 1.33 bits per heavy atom. The molecule has 0 amide bonds. The van der Waals surface area contributed by atoms with Gasteiger partial charge in [-0.3, -0.25) is 0 Å². The molecule has 15 heavy (non-hydrogen) atoms. The Kier molecular flexibility index (Phi) is 4.47. The van der Waals surface area contributed by atoms with Crippen LogP contribution in [0, 0.1) is 12.8 Å². The molecule has 0 saturated heterocycles. The zero-order chi connectivity index (χ0) is 11.4. The van der Waals surface area contributed by atoms with Crippen LogP contribution in [0.1, 0.15) is 18.9 Å². The smallest absolute Gasteiger partial charge is 0.205 e. The van der Waals surface area contributed by atoms with Crippen LogP contribution in [-0.4, -0.2) is 41.8 Å². The lowest BCUT2D eigenvalue weighted by Gasteiger charge is -2.27. The van der Waals surface area contributed by atoms with Gasteiger partial charge < -0.3 is 10.2 Å². The zero-order valence-electron chi connectivity index (χ0n) is 10.1. The minimum Gasteiger partial charge on any atom is -0.358 e. The molecular weight excluding hydrogens is 208 g/mol. The Morgan fingerprint density at radius 3 is 2.40 bits per heavy atom. The molecule has 1 N–H and O–H groups in total. The second-order valence-electron chi connectivity index (χ2n) is 4.28. The largest absolute Gasteiger partial charge is 0.358 e. The maximum absolute atomic E-state index is 4.05. The van der Waals surface area contributed by atoms with Crippen LogP contribution in [0.5, 0.6) is 0 Å². The fourth-order valence-corrected chi connectivity index (χ4v) is 2.17. The van der Waals surface area contributed by atoms with Crippen LogP contribution < -0.4 is 5.32 Å². The van der Waals surface area contributed by atoms with Gasteiger partial charge in [-0.1, -0.05) is 25.2 Å². The molecule has 86 valence electrons. The van der Waals surface area contributed by atoms with Gasteiger partial charge in [-0.05, 0) is 26.9 Å². The number of rotatable bonds is 5. The van der Waals surface area contributed by atoms with Gasteiger partial charge in [0.1, 0.15) is 5.01 Å². The van der Waals surface area contributed by atoms with Crippen LogP contribution in [0.2, 0.25) is 0 Å². The number of nitrogens with one attached hydrogen (secondary N) is 1. The lowest BCUT2D eigenvalue weighted by atomic mass is 10.0. The third-order valence-corrected chi connectivity index (χ3v) is 3.22. The lowest BCUT2D eigenvalue weighted by molar-refractivity contribution is 0.243. The fourth-order valence-electron chi connectivity index (χ4n) is 1.57. The first-order valence-electron chi connectivity index (χ1n) is 5.21. The highest BCUT2D eigenvalue weighted by molar-refractivity contribution is 7.15. The van der Waals surface area contributed by atoms with Gasteiger partial charge in [-0.2, -0.15) is 0 Å². The van der Waals surface area contributed by atoms with Gasteiger partial charge in [0, 0.05) is 12.6 Å². The van der Waals surface area contributed by atoms with Gasteiger partial charge >= 0.3 is 0 Å². The van der Waals surface area contributed by atoms with Gasteiger partial charge in [-0.15, -0.1) is 10.2 Å². The predicted octanol–water partition coefficient (Wildman–Crippen LogP) is 1.84. The topological polar surface area (TPSA) is 41.1 Å². The Morgan fingerprint density at radius 2 is 2.00 bits per heavy atom. The summed E-state index contributed by atoms with van der Waals surface area (Å²) >= 11 is 1.60. The highest BCUT2D eigenvalue weighted by Crippen LogP contribution is 2.15. The average Bonchev–Trinajstić information content (AvgIpc) is 2.50. The molecule has 5 heteroatoms. The van der Waals surface area contributed by atoms with Crippen LogP contribution in [0.25, 0.3) is 0 Å². The predicted molar refractivity (Wildman–Crippen MR) is 65.4 cm³/mol. The second-order valence-corrected chi connectivity index (χ2v) is 5.46. The summed E-state index contributed by atoms with van der Waals surface area (Å²) in [6, 6.07) is 0.522. The van der Waals surface area contributed by atoms with E-state index in [4.69, 9.17) is 0 Å². The van der Waals surface area contributed by atoms with Crippen LogP contribution >= 0.6 is 11.3 Å². The molecular formula is C10H20N4S. The molecule has 0 aliphatic carbocycles. The van der Waals surface area contributed by atoms with E-state index in [1.807, 2.05) is 6.92 Å². The van der Waals surface area contributed by atoms with Crippen molar-refractivity contribution in [1.82, 2.24) is 15.1 Å². The van der Waals surface area contributed by atoms with Crippen molar-refractivity contribution in [2.24, 2.45) is 5.92 Å². The van der Waals surface area contributed by atoms with E-state index in [1.165, 1.54) is 0 Å². The summed E-state index contributed by atoms with van der Waals surface area (Å²) in [5.74, 6) is 0.626. The van der Waals surface area contributed by atoms with E-state index in [1.54, 1.807) is 11.3 Å². The maximum atomic E-state index is 4.05. The number of likely N-dealkylation sites (N-methyl/N-ethyl adjacent to an activating group) is 1. The SMILES string of the molecule is Cc1nnc(NC[C@@H](C(C)C)N(C)C)s1. The number of nitrogens with zero attached hydrogens (tertiary/aromatic N) is 3. The molecule has 0 aliphatic rings. The first kappa shape index (κ1) is 12.4. The van der Waals surface area contributed by atoms with E-state index in [-0.39, 0.29) is 0 Å². The molecule has 1 atom stereocenters. The number of anilines is 1. The third-order valence-electron chi connectivity index (χ3n) is 2.42. The third kappa shape index (κ3) is 3.76. The number of hydrogen-bond donors (Lipinski definition) is 1. The molecule has 0 radical (unpaired) electrons. The van der Waals surface area contributed by atoms with E-state index in [0.29, 0.717) is 12.0 Å². The minimum absolute atomic E-state index is 0.522. The Balaban J connectivity index is 2.47. The van der Waals surface area contributed by atoms with Gasteiger partial charge in [-0.25, -0.2) is 0 Å². The molecule has 0 aromatic carbocycles. The van der Waals surface area contributed by atoms with E-state index in [2.05, 4.69) is 48.4 Å². The standard InChI is InChI=1S/C10H20N4S/c1-7(2)9(14(4)5)6-11-10-13-12-8(3)15-10/h7,9H,6H2,1-5H3,(H,11,13)/t9-/m0/s1. The molecule has 0 unspecified atom stereocenters. The van der Waals surface area contributed by atoms with E-state index < -0.39 is 0 Å². The lowest BCUT2D eigenvalue weighted by Crippen LogP contribution is -2.38. The van der Waals surface area contributed by atoms with Gasteiger partial charge in [0.05, 0.1) is 0 Å². The molecule has 0 aliphatic heterocycles. The monoisotopic (exact) mass is 228 g/mol. The summed E-state index contributed by atoms with van der Waals surface area (Å²) in [6.07, 6.45) is 0. The molecule has 1 heterocycles. The summed E-state index contributed by atoms with van der Waals surface area (Å²) in [5.41, 5.74) is 0. The Bertz CT molecular complexity index is 287. The van der Waals surface area contributed by atoms with Crippen LogP contribution in [-0.2, 0) is 0 Å². The average molecular weight is 228 g/mol. The highest BCUT2D eigenvalue weighted by Gasteiger charge is 2.15. The van der Waals surface area contributed by atoms with Crippen LogP contribution in [0.4, 0.5) is 5.13 Å². The quantitative estimate of drug-likeness (QED) is 0.835. The zero-order valence-corrected chi connectivity index (χ0v) is 10.9. The second kappa shape index (κ2) is 5.42. The van der Waals surface area contributed by atoms with Gasteiger partial charge in [0.2, 0.25) is 5.13 Å². The molecule has 4 nitrogen and oxygen atoms in total. The highest BCUT2D eigenvalue weighted by atomic mass is 32.1. The Hall–Kier alpha value is -0.680. The first-order valence-corrected chi connectivity index (χ1v) is 6.02. The first-order chi connectivity index (χ1) is 7.00. The molecule has 1 rings (SSSR count). The summed E-state index contributed by atoms with van der Waals surface area (Å²) in [7, 11) is 4.22. The van der Waals surface area contributed by atoms with Crippen molar-refractivity contribution >= 4 is 16.5 Å². The van der Waals surface area contributed by atoms with E-state index in [0.717, 1.165) is 16.7 Å². The van der Waals surface area contributed by atoms with Crippen molar-refractivity contribution in [2.45, 2.75) is 26.8 Å². The summed E-state index contributed by atoms with van der Waals surface area (Å²) in [5, 5.41) is 13.3. The summed E-state index contributed by atoms with van der Waals surface area (Å²) in [6.45, 7) is 7.35. The van der Waals surface area contributed by atoms with Crippen molar-refractivity contribution in [3.63, 3.8) is 0 Å². The van der Waals surface area contributed by atoms with Gasteiger partial charge in [0.15, 0.2) is 0 Å². The van der Waals surface area contributed by atoms with Crippen molar-refractivity contribution < 1.29 is 0 Å². The van der Waals surface area contributed by atoms with Crippen molar-refractivity contribution in [3.8, 4) is 0 Å². The molecule has 0 spiro atoms. The van der Waals surface area contributed by atoms with E-state index >= 15 is 0 Å². The fraction of sp³-hybridized carbons (Fsp3) is 0.800. The number of hydrogen-bond acceptors (Lipinski definition) is 5. The van der Waals surface area contributed by atoms with Crippen LogP contribution in [0.15, 0.2) is 0 Å². The normalized spacial score (nSPS) is 13.5.